The molecule has 1 N–H and O–H groups in total. The Hall–Kier alpha value is -1.76. The minimum atomic E-state index is 0.123. The average Bonchev–Trinajstić information content (AvgIpc) is 3.26. The normalized spacial score (nSPS) is 22.4. The van der Waals surface area contributed by atoms with Gasteiger partial charge in [-0.05, 0) is 53.8 Å². The molecule has 6 heteroatoms. The van der Waals surface area contributed by atoms with Gasteiger partial charge >= 0.3 is 0 Å². The lowest BCUT2D eigenvalue weighted by atomic mass is 9.71. The number of amides is 1. The molecule has 144 valence electrons. The number of piperidine rings is 1. The lowest BCUT2D eigenvalue weighted by Gasteiger charge is -2.42. The molecule has 2 aromatic heterocycles. The van der Waals surface area contributed by atoms with Crippen molar-refractivity contribution in [3.05, 3.63) is 52.0 Å². The third-order valence-electron chi connectivity index (χ3n) is 6.34. The highest BCUT2D eigenvalue weighted by Crippen LogP contribution is 2.45. The Morgan fingerprint density at radius 3 is 2.81 bits per heavy atom. The lowest BCUT2D eigenvalue weighted by Crippen LogP contribution is -2.47. The molecule has 0 aliphatic carbocycles. The first-order valence-corrected chi connectivity index (χ1v) is 10.5. The van der Waals surface area contributed by atoms with E-state index in [2.05, 4.69) is 16.0 Å². The van der Waals surface area contributed by atoms with Gasteiger partial charge in [-0.25, -0.2) is 0 Å². The molecule has 1 amide bonds. The number of pyridine rings is 1. The standard InChI is InChI=1S/C21H27N3O2S/c1-16-4-10-27-19(16)20(26)24-8-5-21(6-9-24)15-23(13-18(21)14-25)12-17-3-2-7-22-11-17/h2-4,7,10-11,18,25H,5-6,8-9,12-15H2,1H3. The van der Waals surface area contributed by atoms with Crippen molar-refractivity contribution in [1.82, 2.24) is 14.8 Å². The van der Waals surface area contributed by atoms with Gasteiger partial charge in [-0.1, -0.05) is 6.07 Å². The maximum absolute atomic E-state index is 12.8. The van der Waals surface area contributed by atoms with Crippen LogP contribution in [0.4, 0.5) is 0 Å². The zero-order valence-electron chi connectivity index (χ0n) is 15.8. The van der Waals surface area contributed by atoms with Gasteiger partial charge in [0, 0.05) is 57.6 Å². The fourth-order valence-electron chi connectivity index (χ4n) is 4.72. The van der Waals surface area contributed by atoms with Gasteiger partial charge < -0.3 is 10.0 Å². The molecule has 5 nitrogen and oxygen atoms in total. The molecule has 2 aliphatic rings. The molecule has 0 radical (unpaired) electrons. The van der Waals surface area contributed by atoms with Gasteiger partial charge in [0.2, 0.25) is 0 Å². The van der Waals surface area contributed by atoms with E-state index >= 15 is 0 Å². The molecule has 27 heavy (non-hydrogen) atoms. The van der Waals surface area contributed by atoms with E-state index in [1.807, 2.05) is 35.5 Å². The molecule has 4 rings (SSSR count). The van der Waals surface area contributed by atoms with Crippen LogP contribution in [0, 0.1) is 18.3 Å². The van der Waals surface area contributed by atoms with E-state index in [1.165, 1.54) is 16.9 Å². The predicted octanol–water partition coefficient (Wildman–Crippen LogP) is 2.80. The van der Waals surface area contributed by atoms with Crippen LogP contribution in [-0.2, 0) is 6.54 Å². The van der Waals surface area contributed by atoms with Crippen molar-refractivity contribution in [2.45, 2.75) is 26.3 Å². The number of aliphatic hydroxyl groups is 1. The lowest BCUT2D eigenvalue weighted by molar-refractivity contribution is 0.0404. The first kappa shape index (κ1) is 18.6. The Labute approximate surface area is 164 Å². The van der Waals surface area contributed by atoms with Crippen LogP contribution in [0.5, 0.6) is 0 Å². The van der Waals surface area contributed by atoms with Crippen molar-refractivity contribution < 1.29 is 9.90 Å². The molecule has 1 atom stereocenters. The second-order valence-electron chi connectivity index (χ2n) is 8.00. The van der Waals surface area contributed by atoms with Crippen molar-refractivity contribution >= 4 is 17.2 Å². The van der Waals surface area contributed by atoms with Gasteiger partial charge in [0.05, 0.1) is 4.88 Å². The first-order valence-electron chi connectivity index (χ1n) is 9.67. The van der Waals surface area contributed by atoms with E-state index in [0.717, 1.165) is 56.0 Å². The quantitative estimate of drug-likeness (QED) is 0.879. The fourth-order valence-corrected chi connectivity index (χ4v) is 5.62. The SMILES string of the molecule is Cc1ccsc1C(=O)N1CCC2(CC1)CN(Cc1cccnc1)CC2CO. The Morgan fingerprint density at radius 2 is 2.19 bits per heavy atom. The highest BCUT2D eigenvalue weighted by atomic mass is 32.1. The molecule has 2 aromatic rings. The number of aryl methyl sites for hydroxylation is 1. The van der Waals surface area contributed by atoms with E-state index in [1.54, 1.807) is 6.20 Å². The molecule has 2 aliphatic heterocycles. The largest absolute Gasteiger partial charge is 0.396 e. The van der Waals surface area contributed by atoms with Crippen LogP contribution < -0.4 is 0 Å². The Morgan fingerprint density at radius 1 is 1.37 bits per heavy atom. The highest BCUT2D eigenvalue weighted by molar-refractivity contribution is 7.12. The monoisotopic (exact) mass is 385 g/mol. The summed E-state index contributed by atoms with van der Waals surface area (Å²) >= 11 is 1.54. The van der Waals surface area contributed by atoms with Crippen LogP contribution in [-0.4, -0.2) is 58.6 Å². The van der Waals surface area contributed by atoms with Crippen LogP contribution in [0.3, 0.4) is 0 Å². The summed E-state index contributed by atoms with van der Waals surface area (Å²) in [5.41, 5.74) is 2.41. The third-order valence-corrected chi connectivity index (χ3v) is 7.34. The van der Waals surface area contributed by atoms with Crippen molar-refractivity contribution in [3.8, 4) is 0 Å². The smallest absolute Gasteiger partial charge is 0.264 e. The molecule has 2 fully saturated rings. The predicted molar refractivity (Wildman–Crippen MR) is 107 cm³/mol. The summed E-state index contributed by atoms with van der Waals surface area (Å²) in [6, 6.07) is 6.09. The number of carbonyl (C=O) groups is 1. The molecule has 1 unspecified atom stereocenters. The molecule has 4 heterocycles. The fraction of sp³-hybridized carbons (Fsp3) is 0.524. The molecular formula is C21H27N3O2S. The van der Waals surface area contributed by atoms with Gasteiger partial charge in [0.1, 0.15) is 0 Å². The number of likely N-dealkylation sites (tertiary alicyclic amines) is 2. The summed E-state index contributed by atoms with van der Waals surface area (Å²) in [6.07, 6.45) is 5.66. The number of rotatable bonds is 4. The van der Waals surface area contributed by atoms with Crippen molar-refractivity contribution in [3.63, 3.8) is 0 Å². The number of hydrogen-bond acceptors (Lipinski definition) is 5. The average molecular weight is 386 g/mol. The number of hydrogen-bond donors (Lipinski definition) is 1. The summed E-state index contributed by atoms with van der Waals surface area (Å²) in [5.74, 6) is 0.456. The van der Waals surface area contributed by atoms with Gasteiger partial charge in [-0.2, -0.15) is 0 Å². The topological polar surface area (TPSA) is 56.7 Å². The second kappa shape index (κ2) is 7.70. The van der Waals surface area contributed by atoms with Crippen molar-refractivity contribution in [2.75, 3.05) is 32.8 Å². The summed E-state index contributed by atoms with van der Waals surface area (Å²) in [7, 11) is 0. The van der Waals surface area contributed by atoms with E-state index in [9.17, 15) is 9.90 Å². The molecule has 0 aromatic carbocycles. The molecular weight excluding hydrogens is 358 g/mol. The van der Waals surface area contributed by atoms with Crippen LogP contribution in [0.15, 0.2) is 36.0 Å². The van der Waals surface area contributed by atoms with Crippen LogP contribution >= 0.6 is 11.3 Å². The number of thiophene rings is 1. The van der Waals surface area contributed by atoms with Crippen LogP contribution in [0.2, 0.25) is 0 Å². The van der Waals surface area contributed by atoms with Gasteiger partial charge in [-0.3, -0.25) is 14.7 Å². The summed E-state index contributed by atoms with van der Waals surface area (Å²) < 4.78 is 0. The van der Waals surface area contributed by atoms with E-state index < -0.39 is 0 Å². The van der Waals surface area contributed by atoms with Crippen molar-refractivity contribution in [2.24, 2.45) is 11.3 Å². The highest BCUT2D eigenvalue weighted by Gasteiger charge is 2.48. The summed E-state index contributed by atoms with van der Waals surface area (Å²) in [5, 5.41) is 12.0. The van der Waals surface area contributed by atoms with E-state index in [0.29, 0.717) is 0 Å². The number of aliphatic hydroxyl groups excluding tert-OH is 1. The van der Waals surface area contributed by atoms with Crippen LogP contribution in [0.25, 0.3) is 0 Å². The third kappa shape index (κ3) is 3.66. The second-order valence-corrected chi connectivity index (χ2v) is 8.91. The summed E-state index contributed by atoms with van der Waals surface area (Å²) in [4.78, 5) is 22.3. The molecule has 2 saturated heterocycles. The number of aromatic nitrogens is 1. The maximum Gasteiger partial charge on any atom is 0.264 e. The zero-order chi connectivity index (χ0) is 18.9. The van der Waals surface area contributed by atoms with E-state index in [4.69, 9.17) is 0 Å². The first-order chi connectivity index (χ1) is 13.1. The van der Waals surface area contributed by atoms with Gasteiger partial charge in [-0.15, -0.1) is 11.3 Å². The van der Waals surface area contributed by atoms with Crippen molar-refractivity contribution in [1.29, 1.82) is 0 Å². The number of nitrogens with zero attached hydrogens (tertiary/aromatic N) is 3. The van der Waals surface area contributed by atoms with Crippen LogP contribution in [0.1, 0.15) is 33.6 Å². The molecule has 1 spiro atoms. The minimum absolute atomic E-state index is 0.123. The number of carbonyl (C=O) groups excluding carboxylic acids is 1. The Balaban J connectivity index is 1.41. The van der Waals surface area contributed by atoms with Gasteiger partial charge in [0.25, 0.3) is 5.91 Å². The zero-order valence-corrected chi connectivity index (χ0v) is 16.6. The van der Waals surface area contributed by atoms with E-state index in [-0.39, 0.29) is 23.8 Å². The van der Waals surface area contributed by atoms with Gasteiger partial charge in [0.15, 0.2) is 0 Å². The Kier molecular flexibility index (Phi) is 5.30. The maximum atomic E-state index is 12.8. The Bertz CT molecular complexity index is 784. The molecule has 0 saturated carbocycles. The minimum Gasteiger partial charge on any atom is -0.396 e. The molecule has 0 bridgehead atoms. The summed E-state index contributed by atoms with van der Waals surface area (Å²) in [6.45, 7) is 6.59.